The van der Waals surface area contributed by atoms with E-state index in [9.17, 15) is 9.59 Å². The average Bonchev–Trinajstić information content (AvgIpc) is 3.26. The third kappa shape index (κ3) is 3.95. The number of nitrogens with two attached hydrogens (primary N) is 1. The molecule has 2 heterocycles. The summed E-state index contributed by atoms with van der Waals surface area (Å²) in [6, 6.07) is 15.0. The maximum absolute atomic E-state index is 12.5. The summed E-state index contributed by atoms with van der Waals surface area (Å²) in [5.41, 5.74) is 10.5. The molecule has 0 spiro atoms. The van der Waals surface area contributed by atoms with Crippen LogP contribution in [0.5, 0.6) is 0 Å². The quantitative estimate of drug-likeness (QED) is 0.496. The Morgan fingerprint density at radius 1 is 1.13 bits per heavy atom. The fourth-order valence-corrected chi connectivity index (χ4v) is 4.33. The van der Waals surface area contributed by atoms with Crippen LogP contribution in [-0.4, -0.2) is 26.6 Å². The lowest BCUT2D eigenvalue weighted by Crippen LogP contribution is -2.12. The first kappa shape index (κ1) is 19.8. The fourth-order valence-electron chi connectivity index (χ4n) is 3.41. The highest BCUT2D eigenvalue weighted by Gasteiger charge is 2.15. The molecule has 0 radical (unpaired) electrons. The summed E-state index contributed by atoms with van der Waals surface area (Å²) >= 11 is 1.32. The van der Waals surface area contributed by atoms with Crippen LogP contribution < -0.4 is 11.1 Å². The van der Waals surface area contributed by atoms with Crippen molar-refractivity contribution >= 4 is 38.5 Å². The van der Waals surface area contributed by atoms with Crippen molar-refractivity contribution in [3.05, 3.63) is 71.0 Å². The highest BCUT2D eigenvalue weighted by Crippen LogP contribution is 2.27. The number of anilines is 1. The summed E-state index contributed by atoms with van der Waals surface area (Å²) in [6.45, 7) is 3.98. The molecule has 30 heavy (non-hydrogen) atoms. The van der Waals surface area contributed by atoms with Gasteiger partial charge in [0.2, 0.25) is 11.8 Å². The first-order valence-electron chi connectivity index (χ1n) is 9.53. The van der Waals surface area contributed by atoms with E-state index in [1.54, 1.807) is 18.2 Å². The van der Waals surface area contributed by atoms with Gasteiger partial charge in [-0.3, -0.25) is 9.59 Å². The standard InChI is InChI=1S/C22H21N5O2S/c1-13-17(14(2)27(26-13)16-6-4-3-5-7-16)9-11-20(28)25-22-24-18-10-8-15(21(23)29)12-19(18)30-22/h3-8,10,12H,9,11H2,1-2H3,(H2,23,29)(H,24,25,28). The number of primary amides is 1. The number of nitrogens with zero attached hydrogens (tertiary/aromatic N) is 3. The van der Waals surface area contributed by atoms with Crippen molar-refractivity contribution in [1.82, 2.24) is 14.8 Å². The van der Waals surface area contributed by atoms with Crippen molar-refractivity contribution in [3.63, 3.8) is 0 Å². The summed E-state index contributed by atoms with van der Waals surface area (Å²) in [7, 11) is 0. The van der Waals surface area contributed by atoms with Gasteiger partial charge in [-0.15, -0.1) is 0 Å². The Kier molecular flexibility index (Phi) is 5.33. The van der Waals surface area contributed by atoms with E-state index in [2.05, 4.69) is 15.4 Å². The Bertz CT molecular complexity index is 1240. The lowest BCUT2D eigenvalue weighted by Gasteiger charge is -2.05. The van der Waals surface area contributed by atoms with Gasteiger partial charge >= 0.3 is 0 Å². The van der Waals surface area contributed by atoms with Crippen LogP contribution in [0.4, 0.5) is 5.13 Å². The van der Waals surface area contributed by atoms with Gasteiger partial charge < -0.3 is 11.1 Å². The summed E-state index contributed by atoms with van der Waals surface area (Å²) in [6.07, 6.45) is 0.914. The number of fused-ring (bicyclic) bond motifs is 1. The molecule has 4 aromatic rings. The Hall–Kier alpha value is -3.52. The molecule has 0 aliphatic heterocycles. The molecule has 4 rings (SSSR count). The zero-order valence-electron chi connectivity index (χ0n) is 16.7. The molecule has 0 aliphatic rings. The van der Waals surface area contributed by atoms with Crippen molar-refractivity contribution in [1.29, 1.82) is 0 Å². The molecule has 0 saturated carbocycles. The normalized spacial score (nSPS) is 11.0. The van der Waals surface area contributed by atoms with Crippen molar-refractivity contribution in [2.45, 2.75) is 26.7 Å². The molecule has 3 N–H and O–H groups in total. The van der Waals surface area contributed by atoms with Crippen LogP contribution in [0.3, 0.4) is 0 Å². The van der Waals surface area contributed by atoms with Gasteiger partial charge in [0.25, 0.3) is 0 Å². The van der Waals surface area contributed by atoms with Crippen LogP contribution in [0, 0.1) is 13.8 Å². The first-order chi connectivity index (χ1) is 14.4. The highest BCUT2D eigenvalue weighted by atomic mass is 32.1. The number of thiazole rings is 1. The summed E-state index contributed by atoms with van der Waals surface area (Å²) in [4.78, 5) is 28.2. The minimum atomic E-state index is -0.488. The monoisotopic (exact) mass is 419 g/mol. The number of benzene rings is 2. The average molecular weight is 420 g/mol. The summed E-state index contributed by atoms with van der Waals surface area (Å²) in [5.74, 6) is -0.604. The number of amides is 2. The maximum atomic E-state index is 12.5. The second-order valence-corrected chi connectivity index (χ2v) is 8.04. The molecule has 2 amide bonds. The minimum Gasteiger partial charge on any atom is -0.366 e. The second-order valence-electron chi connectivity index (χ2n) is 7.01. The molecule has 152 valence electrons. The predicted molar refractivity (Wildman–Crippen MR) is 118 cm³/mol. The van der Waals surface area contributed by atoms with E-state index >= 15 is 0 Å². The highest BCUT2D eigenvalue weighted by molar-refractivity contribution is 7.22. The van der Waals surface area contributed by atoms with Gasteiger partial charge in [-0.1, -0.05) is 29.5 Å². The molecule has 0 atom stereocenters. The Morgan fingerprint density at radius 3 is 2.63 bits per heavy atom. The number of carbonyl (C=O) groups is 2. The van der Waals surface area contributed by atoms with E-state index in [1.807, 2.05) is 48.9 Å². The molecule has 0 aliphatic carbocycles. The number of hydrogen-bond donors (Lipinski definition) is 2. The second kappa shape index (κ2) is 8.08. The first-order valence-corrected chi connectivity index (χ1v) is 10.3. The van der Waals surface area contributed by atoms with Crippen molar-refractivity contribution < 1.29 is 9.59 Å². The van der Waals surface area contributed by atoms with Gasteiger partial charge in [-0.05, 0) is 56.2 Å². The Balaban J connectivity index is 1.45. The van der Waals surface area contributed by atoms with Crippen molar-refractivity contribution in [2.24, 2.45) is 5.73 Å². The Labute approximate surface area is 177 Å². The Morgan fingerprint density at radius 2 is 1.90 bits per heavy atom. The molecule has 0 fully saturated rings. The number of hydrogen-bond acceptors (Lipinski definition) is 5. The van der Waals surface area contributed by atoms with E-state index in [0.717, 1.165) is 32.9 Å². The molecular weight excluding hydrogens is 398 g/mol. The smallest absolute Gasteiger partial charge is 0.248 e. The molecule has 7 nitrogen and oxygen atoms in total. The van der Waals surface area contributed by atoms with Gasteiger partial charge in [0.15, 0.2) is 5.13 Å². The van der Waals surface area contributed by atoms with Crippen molar-refractivity contribution in [3.8, 4) is 5.69 Å². The number of carbonyl (C=O) groups excluding carboxylic acids is 2. The van der Waals surface area contributed by atoms with Crippen molar-refractivity contribution in [2.75, 3.05) is 5.32 Å². The third-order valence-corrected chi connectivity index (χ3v) is 5.90. The fraction of sp³-hybridized carbons (Fsp3) is 0.182. The van der Waals surface area contributed by atoms with E-state index in [4.69, 9.17) is 5.73 Å². The lowest BCUT2D eigenvalue weighted by molar-refractivity contribution is -0.116. The molecule has 2 aromatic heterocycles. The number of nitrogens with one attached hydrogen (secondary N) is 1. The SMILES string of the molecule is Cc1nn(-c2ccccc2)c(C)c1CCC(=O)Nc1nc2ccc(C(N)=O)cc2s1. The zero-order chi connectivity index (χ0) is 21.3. The van der Waals surface area contributed by atoms with Gasteiger partial charge in [-0.25, -0.2) is 9.67 Å². The lowest BCUT2D eigenvalue weighted by atomic mass is 10.1. The van der Waals surface area contributed by atoms with E-state index in [-0.39, 0.29) is 5.91 Å². The van der Waals surface area contributed by atoms with Crippen LogP contribution in [0.1, 0.15) is 33.7 Å². The topological polar surface area (TPSA) is 103 Å². The molecule has 2 aromatic carbocycles. The number of rotatable bonds is 6. The molecule has 8 heteroatoms. The summed E-state index contributed by atoms with van der Waals surface area (Å²) < 4.78 is 2.71. The van der Waals surface area contributed by atoms with E-state index in [0.29, 0.717) is 23.5 Å². The number of para-hydroxylation sites is 1. The zero-order valence-corrected chi connectivity index (χ0v) is 17.5. The third-order valence-electron chi connectivity index (χ3n) is 4.96. The van der Waals surface area contributed by atoms with Crippen LogP contribution in [0.25, 0.3) is 15.9 Å². The predicted octanol–water partition coefficient (Wildman–Crippen LogP) is 3.77. The van der Waals surface area contributed by atoms with Gasteiger partial charge in [0.05, 0.1) is 21.6 Å². The van der Waals surface area contributed by atoms with Crippen LogP contribution in [-0.2, 0) is 11.2 Å². The number of aromatic nitrogens is 3. The van der Waals surface area contributed by atoms with E-state index < -0.39 is 5.91 Å². The van der Waals surface area contributed by atoms with Gasteiger partial charge in [0, 0.05) is 17.7 Å². The molecule has 0 unspecified atom stereocenters. The summed E-state index contributed by atoms with van der Waals surface area (Å²) in [5, 5.41) is 7.99. The molecule has 0 saturated heterocycles. The van der Waals surface area contributed by atoms with Crippen LogP contribution in [0.2, 0.25) is 0 Å². The minimum absolute atomic E-state index is 0.115. The van der Waals surface area contributed by atoms with Gasteiger partial charge in [-0.2, -0.15) is 5.10 Å². The molecular formula is C22H21N5O2S. The maximum Gasteiger partial charge on any atom is 0.248 e. The van der Waals surface area contributed by atoms with Gasteiger partial charge in [0.1, 0.15) is 0 Å². The van der Waals surface area contributed by atoms with Crippen LogP contribution in [0.15, 0.2) is 48.5 Å². The van der Waals surface area contributed by atoms with Crippen LogP contribution >= 0.6 is 11.3 Å². The number of aryl methyl sites for hydroxylation is 1. The van der Waals surface area contributed by atoms with E-state index in [1.165, 1.54) is 11.3 Å². The molecule has 0 bridgehead atoms. The largest absolute Gasteiger partial charge is 0.366 e.